The van der Waals surface area contributed by atoms with Crippen LogP contribution in [0, 0.1) is 5.41 Å². The van der Waals surface area contributed by atoms with Gasteiger partial charge in [-0.15, -0.1) is 0 Å². The molecule has 0 unspecified atom stereocenters. The van der Waals surface area contributed by atoms with Crippen LogP contribution >= 0.6 is 0 Å². The molecule has 1 saturated heterocycles. The molecule has 0 amide bonds. The molecule has 1 aromatic heterocycles. The zero-order chi connectivity index (χ0) is 13.6. The lowest BCUT2D eigenvalue weighted by molar-refractivity contribution is 0.0389. The second kappa shape index (κ2) is 4.37. The fraction of sp³-hybridized carbons (Fsp3) is 0.800. The molecule has 3 heteroatoms. The van der Waals surface area contributed by atoms with E-state index < -0.39 is 0 Å². The topological polar surface area (TPSA) is 29.3 Å². The van der Waals surface area contributed by atoms with Crippen LogP contribution in [0.25, 0.3) is 0 Å². The van der Waals surface area contributed by atoms with Crippen molar-refractivity contribution in [3.8, 4) is 0 Å². The van der Waals surface area contributed by atoms with Crippen LogP contribution in [0.15, 0.2) is 10.8 Å². The van der Waals surface area contributed by atoms with E-state index in [1.54, 1.807) is 6.39 Å². The van der Waals surface area contributed by atoms with Crippen molar-refractivity contribution in [1.82, 2.24) is 9.88 Å². The van der Waals surface area contributed by atoms with Crippen molar-refractivity contribution < 1.29 is 4.42 Å². The minimum atomic E-state index is 0.263. The van der Waals surface area contributed by atoms with Crippen molar-refractivity contribution in [1.29, 1.82) is 0 Å². The number of oxazole rings is 1. The molecule has 1 fully saturated rings. The highest BCUT2D eigenvalue weighted by molar-refractivity contribution is 5.19. The Hall–Kier alpha value is -0.830. The van der Waals surface area contributed by atoms with Gasteiger partial charge in [0, 0.05) is 24.5 Å². The maximum absolute atomic E-state index is 5.64. The molecule has 0 aromatic carbocycles. The Labute approximate surface area is 111 Å². The molecule has 0 atom stereocenters. The lowest BCUT2D eigenvalue weighted by Crippen LogP contribution is -2.54. The van der Waals surface area contributed by atoms with Crippen LogP contribution in [0.4, 0.5) is 0 Å². The number of rotatable bonds is 2. The number of hydrogen-bond acceptors (Lipinski definition) is 3. The molecule has 102 valence electrons. The first-order valence-electron chi connectivity index (χ1n) is 6.84. The SMILES string of the molecule is CC(C)(C)Cc1ncoc1C1CN(C(C)(C)C)C1. The third-order valence-electron chi connectivity index (χ3n) is 3.57. The predicted molar refractivity (Wildman–Crippen MR) is 73.7 cm³/mol. The smallest absolute Gasteiger partial charge is 0.181 e. The highest BCUT2D eigenvalue weighted by atomic mass is 16.3. The van der Waals surface area contributed by atoms with E-state index in [0.717, 1.165) is 31.0 Å². The third kappa shape index (κ3) is 2.94. The van der Waals surface area contributed by atoms with Gasteiger partial charge in [0.25, 0.3) is 0 Å². The molecule has 1 aliphatic heterocycles. The zero-order valence-electron chi connectivity index (χ0n) is 12.6. The summed E-state index contributed by atoms with van der Waals surface area (Å²) in [6.07, 6.45) is 2.60. The molecule has 2 rings (SSSR count). The van der Waals surface area contributed by atoms with Crippen LogP contribution in [0.1, 0.15) is 58.9 Å². The second-order valence-corrected chi connectivity index (χ2v) is 7.67. The van der Waals surface area contributed by atoms with Gasteiger partial charge in [0.15, 0.2) is 6.39 Å². The maximum Gasteiger partial charge on any atom is 0.181 e. The first kappa shape index (κ1) is 13.6. The number of hydrogen-bond donors (Lipinski definition) is 0. The summed E-state index contributed by atoms with van der Waals surface area (Å²) in [5.74, 6) is 1.65. The fourth-order valence-electron chi connectivity index (χ4n) is 2.44. The van der Waals surface area contributed by atoms with Gasteiger partial charge in [-0.05, 0) is 32.6 Å². The monoisotopic (exact) mass is 250 g/mol. The Morgan fingerprint density at radius 2 is 1.83 bits per heavy atom. The van der Waals surface area contributed by atoms with E-state index in [-0.39, 0.29) is 11.0 Å². The van der Waals surface area contributed by atoms with Gasteiger partial charge in [0.1, 0.15) is 5.76 Å². The first-order chi connectivity index (χ1) is 8.17. The van der Waals surface area contributed by atoms with Crippen LogP contribution in [0.2, 0.25) is 0 Å². The van der Waals surface area contributed by atoms with Gasteiger partial charge >= 0.3 is 0 Å². The van der Waals surface area contributed by atoms with Crippen LogP contribution in [-0.4, -0.2) is 28.5 Å². The molecule has 3 nitrogen and oxygen atoms in total. The number of aromatic nitrogens is 1. The summed E-state index contributed by atoms with van der Waals surface area (Å²) in [6.45, 7) is 15.7. The van der Waals surface area contributed by atoms with E-state index in [9.17, 15) is 0 Å². The average molecular weight is 250 g/mol. The standard InChI is InChI=1S/C15H26N2O/c1-14(2,3)7-12-13(18-10-16-12)11-8-17(9-11)15(4,5)6/h10-11H,7-9H2,1-6H3. The Morgan fingerprint density at radius 1 is 1.22 bits per heavy atom. The van der Waals surface area contributed by atoms with Gasteiger partial charge < -0.3 is 4.42 Å². The molecular formula is C15H26N2O. The highest BCUT2D eigenvalue weighted by Crippen LogP contribution is 2.35. The van der Waals surface area contributed by atoms with E-state index in [2.05, 4.69) is 51.4 Å². The summed E-state index contributed by atoms with van der Waals surface area (Å²) in [4.78, 5) is 6.89. The Balaban J connectivity index is 2.02. The highest BCUT2D eigenvalue weighted by Gasteiger charge is 2.38. The van der Waals surface area contributed by atoms with Crippen molar-refractivity contribution in [2.24, 2.45) is 5.41 Å². The predicted octanol–water partition coefficient (Wildman–Crippen LogP) is 3.46. The Morgan fingerprint density at radius 3 is 2.33 bits per heavy atom. The van der Waals surface area contributed by atoms with Crippen molar-refractivity contribution in [2.45, 2.75) is 59.4 Å². The van der Waals surface area contributed by atoms with Crippen LogP contribution in [-0.2, 0) is 6.42 Å². The maximum atomic E-state index is 5.64. The van der Waals surface area contributed by atoms with Crippen molar-refractivity contribution >= 4 is 0 Å². The van der Waals surface area contributed by atoms with Gasteiger partial charge in [-0.3, -0.25) is 4.90 Å². The third-order valence-corrected chi connectivity index (χ3v) is 3.57. The molecule has 0 radical (unpaired) electrons. The molecule has 0 spiro atoms. The van der Waals surface area contributed by atoms with E-state index in [1.165, 1.54) is 0 Å². The summed E-state index contributed by atoms with van der Waals surface area (Å²) < 4.78 is 5.64. The summed E-state index contributed by atoms with van der Waals surface area (Å²) in [5.41, 5.74) is 1.68. The molecule has 1 aromatic rings. The van der Waals surface area contributed by atoms with Crippen molar-refractivity contribution in [2.75, 3.05) is 13.1 Å². The van der Waals surface area contributed by atoms with E-state index in [0.29, 0.717) is 5.92 Å². The van der Waals surface area contributed by atoms with Crippen LogP contribution in [0.5, 0.6) is 0 Å². The normalized spacial score (nSPS) is 19.0. The quantitative estimate of drug-likeness (QED) is 0.805. The molecule has 2 heterocycles. The molecule has 0 N–H and O–H groups in total. The Bertz CT molecular complexity index is 403. The van der Waals surface area contributed by atoms with E-state index in [4.69, 9.17) is 4.42 Å². The fourth-order valence-corrected chi connectivity index (χ4v) is 2.44. The Kier molecular flexibility index (Phi) is 3.30. The van der Waals surface area contributed by atoms with E-state index >= 15 is 0 Å². The molecule has 0 bridgehead atoms. The van der Waals surface area contributed by atoms with E-state index in [1.807, 2.05) is 0 Å². The van der Waals surface area contributed by atoms with Crippen molar-refractivity contribution in [3.05, 3.63) is 17.8 Å². The lowest BCUT2D eigenvalue weighted by Gasteiger charge is -2.47. The average Bonchev–Trinajstić information content (AvgIpc) is 2.44. The van der Waals surface area contributed by atoms with Gasteiger partial charge in [-0.2, -0.15) is 0 Å². The summed E-state index contributed by atoms with van der Waals surface area (Å²) in [6, 6.07) is 0. The van der Waals surface area contributed by atoms with Gasteiger partial charge in [-0.25, -0.2) is 4.98 Å². The van der Waals surface area contributed by atoms with Crippen molar-refractivity contribution in [3.63, 3.8) is 0 Å². The van der Waals surface area contributed by atoms with Gasteiger partial charge in [0.05, 0.1) is 5.69 Å². The summed E-state index contributed by atoms with van der Waals surface area (Å²) in [7, 11) is 0. The summed E-state index contributed by atoms with van der Waals surface area (Å²) in [5, 5.41) is 0. The van der Waals surface area contributed by atoms with Gasteiger partial charge in [-0.1, -0.05) is 20.8 Å². The molecule has 0 saturated carbocycles. The minimum Gasteiger partial charge on any atom is -0.448 e. The first-order valence-corrected chi connectivity index (χ1v) is 6.84. The molecular weight excluding hydrogens is 224 g/mol. The molecule has 1 aliphatic rings. The summed E-state index contributed by atoms with van der Waals surface area (Å²) >= 11 is 0. The largest absolute Gasteiger partial charge is 0.448 e. The minimum absolute atomic E-state index is 0.263. The molecule has 18 heavy (non-hydrogen) atoms. The zero-order valence-corrected chi connectivity index (χ0v) is 12.6. The lowest BCUT2D eigenvalue weighted by atomic mass is 9.85. The van der Waals surface area contributed by atoms with Gasteiger partial charge in [0.2, 0.25) is 0 Å². The van der Waals surface area contributed by atoms with Crippen LogP contribution < -0.4 is 0 Å². The van der Waals surface area contributed by atoms with Crippen LogP contribution in [0.3, 0.4) is 0 Å². The second-order valence-electron chi connectivity index (χ2n) is 7.67. The number of likely N-dealkylation sites (tertiary alicyclic amines) is 1. The number of nitrogens with zero attached hydrogens (tertiary/aromatic N) is 2. The molecule has 0 aliphatic carbocycles.